The van der Waals surface area contributed by atoms with E-state index in [4.69, 9.17) is 23.2 Å². The molecular weight excluding hydrogens is 319 g/mol. The highest BCUT2D eigenvalue weighted by Gasteiger charge is 2.25. The molecule has 0 radical (unpaired) electrons. The maximum atomic E-state index is 11.8. The standard InChI is InChI=1S/C10H12Cl2N2O2S.ClH/c11-8-1-6(9(12)17-8)10(16)14-3-5-2-13-4-7(5)15;/h1,5,7,13,15H,2-4H2,(H,14,16);1H. The Labute approximate surface area is 125 Å². The molecule has 2 rings (SSSR count). The molecule has 1 aromatic heterocycles. The molecule has 0 bridgehead atoms. The maximum Gasteiger partial charge on any atom is 0.253 e. The van der Waals surface area contributed by atoms with E-state index >= 15 is 0 Å². The first-order chi connectivity index (χ1) is 8.08. The second-order valence-corrected chi connectivity index (χ2v) is 6.22. The van der Waals surface area contributed by atoms with Gasteiger partial charge in [0, 0.05) is 25.6 Å². The third kappa shape index (κ3) is 3.73. The third-order valence-electron chi connectivity index (χ3n) is 2.73. The summed E-state index contributed by atoms with van der Waals surface area (Å²) >= 11 is 12.8. The van der Waals surface area contributed by atoms with Crippen molar-refractivity contribution in [2.45, 2.75) is 6.10 Å². The first kappa shape index (κ1) is 16.0. The van der Waals surface area contributed by atoms with Gasteiger partial charge < -0.3 is 15.7 Å². The van der Waals surface area contributed by atoms with Crippen molar-refractivity contribution < 1.29 is 9.90 Å². The van der Waals surface area contributed by atoms with Gasteiger partial charge in [0.1, 0.15) is 4.34 Å². The van der Waals surface area contributed by atoms with Crippen molar-refractivity contribution in [2.24, 2.45) is 5.92 Å². The Hall–Kier alpha value is -0.0400. The molecule has 8 heteroatoms. The van der Waals surface area contributed by atoms with Gasteiger partial charge in [0.2, 0.25) is 0 Å². The molecule has 0 spiro atoms. The van der Waals surface area contributed by atoms with Gasteiger partial charge in [-0.05, 0) is 6.07 Å². The lowest BCUT2D eigenvalue weighted by Crippen LogP contribution is -2.34. The van der Waals surface area contributed by atoms with Gasteiger partial charge in [0.15, 0.2) is 0 Å². The predicted octanol–water partition coefficient (Wildman–Crippen LogP) is 1.79. The van der Waals surface area contributed by atoms with Gasteiger partial charge in [-0.1, -0.05) is 23.2 Å². The van der Waals surface area contributed by atoms with Crippen LogP contribution < -0.4 is 10.6 Å². The number of carbonyl (C=O) groups is 1. The smallest absolute Gasteiger partial charge is 0.253 e. The quantitative estimate of drug-likeness (QED) is 0.791. The number of aliphatic hydroxyl groups is 1. The fraction of sp³-hybridized carbons (Fsp3) is 0.500. The van der Waals surface area contributed by atoms with Crippen LogP contribution in [0.4, 0.5) is 0 Å². The van der Waals surface area contributed by atoms with E-state index in [1.54, 1.807) is 6.07 Å². The molecule has 1 amide bonds. The minimum absolute atomic E-state index is 0. The first-order valence-corrected chi connectivity index (χ1v) is 6.77. The number of β-amino-alcohol motifs (C(OH)–C–C–N with tert-alkyl or cyclic N) is 1. The van der Waals surface area contributed by atoms with E-state index in [9.17, 15) is 9.90 Å². The first-order valence-electron chi connectivity index (χ1n) is 5.19. The normalized spacial score (nSPS) is 22.6. The number of carbonyl (C=O) groups excluding carboxylic acids is 1. The van der Waals surface area contributed by atoms with Crippen LogP contribution in [0.3, 0.4) is 0 Å². The SMILES string of the molecule is Cl.O=C(NCC1CNCC1O)c1cc(Cl)sc1Cl. The van der Waals surface area contributed by atoms with Crippen molar-refractivity contribution >= 4 is 52.9 Å². The van der Waals surface area contributed by atoms with Gasteiger partial charge in [0.05, 0.1) is 16.0 Å². The molecular formula is C10H13Cl3N2O2S. The number of hydrogen-bond donors (Lipinski definition) is 3. The van der Waals surface area contributed by atoms with E-state index in [2.05, 4.69) is 10.6 Å². The molecule has 1 fully saturated rings. The zero-order valence-corrected chi connectivity index (χ0v) is 12.4. The second kappa shape index (κ2) is 6.93. The lowest BCUT2D eigenvalue weighted by Gasteiger charge is -2.13. The van der Waals surface area contributed by atoms with Crippen LogP contribution in [0.25, 0.3) is 0 Å². The van der Waals surface area contributed by atoms with Crippen LogP contribution in [0.2, 0.25) is 8.67 Å². The van der Waals surface area contributed by atoms with Gasteiger partial charge in [-0.25, -0.2) is 0 Å². The molecule has 102 valence electrons. The van der Waals surface area contributed by atoms with E-state index in [1.165, 1.54) is 0 Å². The molecule has 2 unspecified atom stereocenters. The number of halogens is 3. The van der Waals surface area contributed by atoms with Crippen LogP contribution in [0.1, 0.15) is 10.4 Å². The van der Waals surface area contributed by atoms with Crippen LogP contribution >= 0.6 is 46.9 Å². The van der Waals surface area contributed by atoms with Crippen molar-refractivity contribution in [3.63, 3.8) is 0 Å². The summed E-state index contributed by atoms with van der Waals surface area (Å²) in [6, 6.07) is 1.55. The third-order valence-corrected chi connectivity index (χ3v) is 4.22. The molecule has 1 aliphatic rings. The molecule has 4 nitrogen and oxygen atoms in total. The number of nitrogens with one attached hydrogen (secondary N) is 2. The van der Waals surface area contributed by atoms with Gasteiger partial charge in [-0.15, -0.1) is 23.7 Å². The molecule has 1 aliphatic heterocycles. The number of thiophene rings is 1. The highest BCUT2D eigenvalue weighted by Crippen LogP contribution is 2.30. The van der Waals surface area contributed by atoms with Crippen molar-refractivity contribution in [3.8, 4) is 0 Å². The monoisotopic (exact) mass is 330 g/mol. The minimum atomic E-state index is -0.406. The second-order valence-electron chi connectivity index (χ2n) is 3.93. The molecule has 2 atom stereocenters. The van der Waals surface area contributed by atoms with Crippen LogP contribution in [-0.4, -0.2) is 36.8 Å². The Kier molecular flexibility index (Phi) is 6.17. The van der Waals surface area contributed by atoms with E-state index in [1.807, 2.05) is 0 Å². The summed E-state index contributed by atoms with van der Waals surface area (Å²) in [5.41, 5.74) is 0.391. The van der Waals surface area contributed by atoms with Crippen LogP contribution in [0, 0.1) is 5.92 Å². The van der Waals surface area contributed by atoms with Crippen LogP contribution in [0.15, 0.2) is 6.07 Å². The highest BCUT2D eigenvalue weighted by molar-refractivity contribution is 7.20. The Morgan fingerprint density at radius 1 is 1.56 bits per heavy atom. The van der Waals surface area contributed by atoms with E-state index in [-0.39, 0.29) is 24.2 Å². The Morgan fingerprint density at radius 3 is 2.78 bits per heavy atom. The Bertz CT molecular complexity index is 427. The summed E-state index contributed by atoms with van der Waals surface area (Å²) < 4.78 is 0.875. The van der Waals surface area contributed by atoms with Gasteiger partial charge >= 0.3 is 0 Å². The summed E-state index contributed by atoms with van der Waals surface area (Å²) in [5, 5.41) is 15.4. The van der Waals surface area contributed by atoms with Crippen molar-refractivity contribution in [1.82, 2.24) is 10.6 Å². The highest BCUT2D eigenvalue weighted by atomic mass is 35.5. The van der Waals surface area contributed by atoms with Gasteiger partial charge in [-0.2, -0.15) is 0 Å². The van der Waals surface area contributed by atoms with Crippen molar-refractivity contribution in [1.29, 1.82) is 0 Å². The number of rotatable bonds is 3. The fourth-order valence-electron chi connectivity index (χ4n) is 1.74. The predicted molar refractivity (Wildman–Crippen MR) is 76.3 cm³/mol. The molecule has 18 heavy (non-hydrogen) atoms. The number of amides is 1. The van der Waals surface area contributed by atoms with Crippen LogP contribution in [-0.2, 0) is 0 Å². The molecule has 0 saturated carbocycles. The zero-order valence-electron chi connectivity index (χ0n) is 9.28. The van der Waals surface area contributed by atoms with Crippen LogP contribution in [0.5, 0.6) is 0 Å². The summed E-state index contributed by atoms with van der Waals surface area (Å²) in [6.45, 7) is 1.71. The minimum Gasteiger partial charge on any atom is -0.391 e. The average molecular weight is 332 g/mol. The van der Waals surface area contributed by atoms with E-state index in [0.717, 1.165) is 11.3 Å². The number of aliphatic hydroxyl groups excluding tert-OH is 1. The molecule has 3 N–H and O–H groups in total. The average Bonchev–Trinajstić information content (AvgIpc) is 2.81. The van der Waals surface area contributed by atoms with Crippen molar-refractivity contribution in [2.75, 3.05) is 19.6 Å². The fourth-order valence-corrected chi connectivity index (χ4v) is 3.20. The summed E-state index contributed by atoms with van der Waals surface area (Å²) in [6.07, 6.45) is -0.406. The topological polar surface area (TPSA) is 61.4 Å². The summed E-state index contributed by atoms with van der Waals surface area (Å²) in [5.74, 6) is -0.205. The number of hydrogen-bond acceptors (Lipinski definition) is 4. The van der Waals surface area contributed by atoms with Gasteiger partial charge in [0.25, 0.3) is 5.91 Å². The van der Waals surface area contributed by atoms with Gasteiger partial charge in [-0.3, -0.25) is 4.79 Å². The molecule has 2 heterocycles. The van der Waals surface area contributed by atoms with Crippen molar-refractivity contribution in [3.05, 3.63) is 20.3 Å². The molecule has 1 aromatic rings. The van der Waals surface area contributed by atoms with E-state index < -0.39 is 6.10 Å². The summed E-state index contributed by atoms with van der Waals surface area (Å²) in [4.78, 5) is 11.8. The molecule has 0 aromatic carbocycles. The Morgan fingerprint density at radius 2 is 2.28 bits per heavy atom. The summed E-state index contributed by atoms with van der Waals surface area (Å²) in [7, 11) is 0. The Balaban J connectivity index is 0.00000162. The maximum absolute atomic E-state index is 11.8. The largest absolute Gasteiger partial charge is 0.391 e. The molecule has 0 aliphatic carbocycles. The van der Waals surface area contributed by atoms with E-state index in [0.29, 0.717) is 33.9 Å². The lowest BCUT2D eigenvalue weighted by atomic mass is 10.1. The lowest BCUT2D eigenvalue weighted by molar-refractivity contribution is 0.0927. The molecule has 1 saturated heterocycles. The zero-order chi connectivity index (χ0) is 12.4.